The van der Waals surface area contributed by atoms with Crippen LogP contribution in [-0.2, 0) is 20.9 Å². The fourth-order valence-corrected chi connectivity index (χ4v) is 4.42. The Labute approximate surface area is 182 Å². The van der Waals surface area contributed by atoms with Gasteiger partial charge in [0.1, 0.15) is 30.6 Å². The number of hydrogen-bond acceptors (Lipinski definition) is 7. The number of nitrogens with zero attached hydrogens (tertiary/aromatic N) is 4. The molecule has 0 spiro atoms. The summed E-state index contributed by atoms with van der Waals surface area (Å²) in [4.78, 5) is 49.1. The maximum Gasteiger partial charge on any atom is 0.307 e. The number of nitrogens with one attached hydrogen (secondary N) is 1. The van der Waals surface area contributed by atoms with E-state index in [1.807, 2.05) is 18.2 Å². The van der Waals surface area contributed by atoms with Crippen molar-refractivity contribution in [1.29, 1.82) is 0 Å². The van der Waals surface area contributed by atoms with E-state index in [0.29, 0.717) is 12.2 Å². The molecule has 3 amide bonds. The summed E-state index contributed by atoms with van der Waals surface area (Å²) in [5, 5.41) is 17.1. The van der Waals surface area contributed by atoms with Crippen molar-refractivity contribution in [3.63, 3.8) is 0 Å². The minimum atomic E-state index is -1.02. The van der Waals surface area contributed by atoms with Crippen LogP contribution in [0.2, 0.25) is 0 Å². The lowest BCUT2D eigenvalue weighted by Crippen LogP contribution is -2.65. The first kappa shape index (κ1) is 21.3. The third-order valence-corrected chi connectivity index (χ3v) is 5.85. The lowest BCUT2D eigenvalue weighted by Gasteiger charge is -2.52. The molecule has 0 radical (unpaired) electrons. The van der Waals surface area contributed by atoms with Crippen molar-refractivity contribution in [3.8, 4) is 5.75 Å². The largest absolute Gasteiger partial charge is 0.468 e. The van der Waals surface area contributed by atoms with E-state index in [2.05, 4.69) is 10.4 Å². The van der Waals surface area contributed by atoms with E-state index in [0.717, 1.165) is 22.6 Å². The minimum Gasteiger partial charge on any atom is -0.468 e. The lowest BCUT2D eigenvalue weighted by atomic mass is 9.73. The number of carbonyl (C=O) groups is 3. The Morgan fingerprint density at radius 3 is 2.84 bits per heavy atom. The van der Waals surface area contributed by atoms with Crippen molar-refractivity contribution in [1.82, 2.24) is 20.0 Å². The van der Waals surface area contributed by atoms with Crippen molar-refractivity contribution < 1.29 is 24.0 Å². The molecule has 32 heavy (non-hydrogen) atoms. The molecule has 12 nitrogen and oxygen atoms in total. The topological polar surface area (TPSA) is 163 Å². The van der Waals surface area contributed by atoms with Crippen LogP contribution in [-0.4, -0.2) is 56.1 Å². The molecule has 3 atom stereocenters. The monoisotopic (exact) mass is 442 g/mol. The summed E-state index contributed by atoms with van der Waals surface area (Å²) in [7, 11) is 0. The Hall–Kier alpha value is -3.96. The van der Waals surface area contributed by atoms with Gasteiger partial charge in [0.25, 0.3) is 0 Å². The van der Waals surface area contributed by atoms with Crippen LogP contribution in [0.25, 0.3) is 0 Å². The maximum absolute atomic E-state index is 13.2. The van der Waals surface area contributed by atoms with E-state index in [1.54, 1.807) is 13.0 Å². The second-order valence-corrected chi connectivity index (χ2v) is 8.00. The van der Waals surface area contributed by atoms with Gasteiger partial charge in [0.15, 0.2) is 5.72 Å². The molecule has 3 unspecified atom stereocenters. The zero-order chi connectivity index (χ0) is 23.0. The molecule has 2 aliphatic heterocycles. The number of hydrogen-bond donors (Lipinski definition) is 2. The van der Waals surface area contributed by atoms with Crippen LogP contribution < -0.4 is 15.8 Å². The van der Waals surface area contributed by atoms with Crippen molar-refractivity contribution >= 4 is 23.4 Å². The molecule has 3 N–H and O–H groups in total. The standard InChI is InChI=1S/C20H22N6O6/c1-20-8-14(13-4-2-3-5-15(13)32-20)17(18(21)28)19(29)25(20)7-6-22-16(27)11-24-10-12(9-23-24)26(30)31/h2-5,9-10,14,17H,6-8,11H2,1H3,(H2,21,28)(H,22,27). The molecule has 3 heterocycles. The van der Waals surface area contributed by atoms with Gasteiger partial charge in [-0.15, -0.1) is 0 Å². The SMILES string of the molecule is CC12CC(c3ccccc3O1)C(C(N)=O)C(=O)N2CCNC(=O)Cn1cc([N+](=O)[O-])cn1. The number of aromatic nitrogens is 2. The highest BCUT2D eigenvalue weighted by molar-refractivity contribution is 6.01. The van der Waals surface area contributed by atoms with E-state index < -0.39 is 34.3 Å². The highest BCUT2D eigenvalue weighted by Gasteiger charge is 2.55. The summed E-state index contributed by atoms with van der Waals surface area (Å²) in [6.07, 6.45) is 2.60. The van der Waals surface area contributed by atoms with Crippen molar-refractivity contribution in [2.75, 3.05) is 13.1 Å². The van der Waals surface area contributed by atoms with Gasteiger partial charge in [-0.2, -0.15) is 5.10 Å². The van der Waals surface area contributed by atoms with E-state index in [1.165, 1.54) is 4.90 Å². The number of carbonyl (C=O) groups excluding carboxylic acids is 3. The molecule has 4 rings (SSSR count). The maximum atomic E-state index is 13.2. The Balaban J connectivity index is 1.45. The summed E-state index contributed by atoms with van der Waals surface area (Å²) in [5.74, 6) is -2.38. The van der Waals surface area contributed by atoms with Crippen LogP contribution in [0, 0.1) is 16.0 Å². The van der Waals surface area contributed by atoms with Crippen LogP contribution in [0.5, 0.6) is 5.75 Å². The fraction of sp³-hybridized carbons (Fsp3) is 0.400. The molecule has 1 aromatic carbocycles. The Morgan fingerprint density at radius 2 is 2.16 bits per heavy atom. The molecule has 2 bridgehead atoms. The zero-order valence-electron chi connectivity index (χ0n) is 17.3. The van der Waals surface area contributed by atoms with Crippen molar-refractivity contribution in [2.24, 2.45) is 11.7 Å². The van der Waals surface area contributed by atoms with E-state index in [-0.39, 0.29) is 31.2 Å². The Bertz CT molecular complexity index is 1100. The van der Waals surface area contributed by atoms with Crippen molar-refractivity contribution in [2.45, 2.75) is 31.5 Å². The van der Waals surface area contributed by atoms with Crippen LogP contribution in [0.4, 0.5) is 5.69 Å². The normalized spacial score (nSPS) is 23.8. The third-order valence-electron chi connectivity index (χ3n) is 5.85. The molecule has 1 aromatic heterocycles. The van der Waals surface area contributed by atoms with Gasteiger partial charge in [-0.1, -0.05) is 18.2 Å². The summed E-state index contributed by atoms with van der Waals surface area (Å²) >= 11 is 0. The van der Waals surface area contributed by atoms with Crippen LogP contribution in [0.15, 0.2) is 36.7 Å². The van der Waals surface area contributed by atoms with Crippen LogP contribution in [0.3, 0.4) is 0 Å². The number of nitro groups is 1. The van der Waals surface area contributed by atoms with Gasteiger partial charge in [0, 0.05) is 25.4 Å². The number of benzene rings is 1. The van der Waals surface area contributed by atoms with Gasteiger partial charge in [-0.05, 0) is 18.6 Å². The molecular weight excluding hydrogens is 420 g/mol. The number of piperidine rings is 1. The highest BCUT2D eigenvalue weighted by Crippen LogP contribution is 2.49. The second-order valence-electron chi connectivity index (χ2n) is 8.00. The van der Waals surface area contributed by atoms with Crippen LogP contribution in [0.1, 0.15) is 24.8 Å². The van der Waals surface area contributed by atoms with Gasteiger partial charge in [-0.25, -0.2) is 0 Å². The van der Waals surface area contributed by atoms with Gasteiger partial charge in [0.05, 0.1) is 4.92 Å². The predicted octanol–water partition coefficient (Wildman–Crippen LogP) is 0.134. The second kappa shape index (κ2) is 7.94. The molecule has 12 heteroatoms. The number of rotatable bonds is 7. The third kappa shape index (κ3) is 3.74. The summed E-state index contributed by atoms with van der Waals surface area (Å²) < 4.78 is 7.29. The first-order chi connectivity index (χ1) is 15.2. The fourth-order valence-electron chi connectivity index (χ4n) is 4.42. The van der Waals surface area contributed by atoms with Crippen molar-refractivity contribution in [3.05, 3.63) is 52.3 Å². The number of amides is 3. The minimum absolute atomic E-state index is 0.0880. The summed E-state index contributed by atoms with van der Waals surface area (Å²) in [5.41, 5.74) is 5.16. The first-order valence-electron chi connectivity index (χ1n) is 10.0. The van der Waals surface area contributed by atoms with Crippen LogP contribution >= 0.6 is 0 Å². The number of likely N-dealkylation sites (tertiary alicyclic amines) is 1. The summed E-state index contributed by atoms with van der Waals surface area (Å²) in [6.45, 7) is 1.74. The van der Waals surface area contributed by atoms with Gasteiger partial charge < -0.3 is 20.7 Å². The number of nitrogens with two attached hydrogens (primary N) is 1. The average Bonchev–Trinajstić information content (AvgIpc) is 3.18. The molecule has 1 saturated heterocycles. The molecule has 168 valence electrons. The highest BCUT2D eigenvalue weighted by atomic mass is 16.6. The number of primary amides is 1. The Kier molecular flexibility index (Phi) is 5.28. The molecule has 0 saturated carbocycles. The van der Waals surface area contributed by atoms with Gasteiger partial charge >= 0.3 is 5.69 Å². The number of fused-ring (bicyclic) bond motifs is 4. The molecule has 0 aliphatic carbocycles. The molecular formula is C20H22N6O6. The van der Waals surface area contributed by atoms with E-state index in [9.17, 15) is 24.5 Å². The zero-order valence-corrected chi connectivity index (χ0v) is 17.3. The van der Waals surface area contributed by atoms with Gasteiger partial charge in [-0.3, -0.25) is 29.2 Å². The van der Waals surface area contributed by atoms with E-state index >= 15 is 0 Å². The molecule has 1 fully saturated rings. The number of para-hydroxylation sites is 1. The molecule has 2 aliphatic rings. The smallest absolute Gasteiger partial charge is 0.307 e. The Morgan fingerprint density at radius 1 is 1.41 bits per heavy atom. The number of ether oxygens (including phenoxy) is 1. The summed E-state index contributed by atoms with van der Waals surface area (Å²) in [6, 6.07) is 7.26. The lowest BCUT2D eigenvalue weighted by molar-refractivity contribution is -0.385. The van der Waals surface area contributed by atoms with Gasteiger partial charge in [0.2, 0.25) is 17.7 Å². The average molecular weight is 442 g/mol. The molecule has 2 aromatic rings. The predicted molar refractivity (Wildman–Crippen MR) is 109 cm³/mol. The quantitative estimate of drug-likeness (QED) is 0.350. The van der Waals surface area contributed by atoms with E-state index in [4.69, 9.17) is 10.5 Å². The first-order valence-corrected chi connectivity index (χ1v) is 10.0.